The number of thiazole rings is 1. The number of nitriles is 1. The van der Waals surface area contributed by atoms with Crippen LogP contribution in [0.15, 0.2) is 18.2 Å². The summed E-state index contributed by atoms with van der Waals surface area (Å²) in [5, 5.41) is 10.7. The summed E-state index contributed by atoms with van der Waals surface area (Å²) >= 11 is 7.36. The minimum absolute atomic E-state index is 0.546. The molecule has 0 aliphatic carbocycles. The Morgan fingerprint density at radius 3 is 2.85 bits per heavy atom. The van der Waals surface area contributed by atoms with E-state index < -0.39 is 0 Å². The number of rotatable bonds is 5. The summed E-state index contributed by atoms with van der Waals surface area (Å²) in [5.74, 6) is 0.835. The summed E-state index contributed by atoms with van der Waals surface area (Å²) in [5.41, 5.74) is 1.90. The average molecular weight is 307 g/mol. The van der Waals surface area contributed by atoms with Gasteiger partial charge in [0, 0.05) is 11.4 Å². The second-order valence-electron chi connectivity index (χ2n) is 4.36. The van der Waals surface area contributed by atoms with Gasteiger partial charge in [0.1, 0.15) is 16.7 Å². The average Bonchev–Trinajstić information content (AvgIpc) is 2.83. The van der Waals surface area contributed by atoms with E-state index in [0.29, 0.717) is 22.9 Å². The number of hydrogen-bond acceptors (Lipinski definition) is 4. The van der Waals surface area contributed by atoms with Crippen molar-refractivity contribution in [1.82, 2.24) is 4.98 Å². The molecule has 0 fully saturated rings. The third-order valence-electron chi connectivity index (χ3n) is 2.89. The highest BCUT2D eigenvalue weighted by molar-refractivity contribution is 7.12. The fourth-order valence-corrected chi connectivity index (χ4v) is 3.01. The number of ether oxygens (including phenoxy) is 1. The van der Waals surface area contributed by atoms with Gasteiger partial charge in [-0.15, -0.1) is 11.3 Å². The molecular weight excluding hydrogens is 292 g/mol. The van der Waals surface area contributed by atoms with E-state index in [1.165, 1.54) is 11.3 Å². The van der Waals surface area contributed by atoms with Gasteiger partial charge in [0.15, 0.2) is 0 Å². The first kappa shape index (κ1) is 14.8. The van der Waals surface area contributed by atoms with Crippen LogP contribution in [-0.2, 0) is 12.8 Å². The Labute approximate surface area is 127 Å². The molecule has 0 saturated heterocycles. The van der Waals surface area contributed by atoms with E-state index in [9.17, 15) is 0 Å². The number of halogens is 1. The van der Waals surface area contributed by atoms with Crippen LogP contribution in [0, 0.1) is 18.3 Å². The van der Waals surface area contributed by atoms with E-state index in [2.05, 4.69) is 11.1 Å². The Hall–Kier alpha value is -1.57. The third kappa shape index (κ3) is 3.50. The van der Waals surface area contributed by atoms with Crippen LogP contribution in [0.1, 0.15) is 28.1 Å². The molecular formula is C15H15ClN2OS. The van der Waals surface area contributed by atoms with Gasteiger partial charge in [0.25, 0.3) is 0 Å². The quantitative estimate of drug-likeness (QED) is 0.833. The van der Waals surface area contributed by atoms with Gasteiger partial charge in [0.05, 0.1) is 17.3 Å². The standard InChI is InChI=1S/C15H15ClN2OS/c1-3-12-14(9-17)20-15(18-12)6-7-19-13-5-4-11(16)8-10(13)2/h4-5,8H,3,6-7H2,1-2H3. The van der Waals surface area contributed by atoms with Crippen LogP contribution in [-0.4, -0.2) is 11.6 Å². The van der Waals surface area contributed by atoms with E-state index >= 15 is 0 Å². The van der Waals surface area contributed by atoms with Crippen LogP contribution >= 0.6 is 22.9 Å². The molecule has 5 heteroatoms. The Morgan fingerprint density at radius 2 is 2.25 bits per heavy atom. The minimum Gasteiger partial charge on any atom is -0.493 e. The Balaban J connectivity index is 1.96. The number of aromatic nitrogens is 1. The van der Waals surface area contributed by atoms with Gasteiger partial charge in [-0.1, -0.05) is 18.5 Å². The van der Waals surface area contributed by atoms with Crippen LogP contribution in [0.3, 0.4) is 0 Å². The molecule has 0 amide bonds. The second-order valence-corrected chi connectivity index (χ2v) is 5.88. The van der Waals surface area contributed by atoms with E-state index in [1.54, 1.807) is 0 Å². The van der Waals surface area contributed by atoms with E-state index in [4.69, 9.17) is 21.6 Å². The summed E-state index contributed by atoms with van der Waals surface area (Å²) < 4.78 is 5.74. The van der Waals surface area contributed by atoms with E-state index in [-0.39, 0.29) is 0 Å². The highest BCUT2D eigenvalue weighted by Crippen LogP contribution is 2.23. The van der Waals surface area contributed by atoms with Crippen LogP contribution in [0.4, 0.5) is 0 Å². The maximum absolute atomic E-state index is 9.01. The van der Waals surface area contributed by atoms with Gasteiger partial charge in [0.2, 0.25) is 0 Å². The first-order valence-corrected chi connectivity index (χ1v) is 7.61. The van der Waals surface area contributed by atoms with Crippen LogP contribution in [0.25, 0.3) is 0 Å². The summed E-state index contributed by atoms with van der Waals surface area (Å²) in [6.07, 6.45) is 1.50. The number of benzene rings is 1. The fourth-order valence-electron chi connectivity index (χ4n) is 1.86. The van der Waals surface area contributed by atoms with Crippen molar-refractivity contribution in [3.8, 4) is 11.8 Å². The molecule has 0 radical (unpaired) electrons. The van der Waals surface area contributed by atoms with E-state index in [0.717, 1.165) is 28.4 Å². The Bertz CT molecular complexity index is 646. The zero-order valence-electron chi connectivity index (χ0n) is 11.4. The lowest BCUT2D eigenvalue weighted by atomic mass is 10.2. The van der Waals surface area contributed by atoms with Crippen LogP contribution < -0.4 is 4.74 Å². The van der Waals surface area contributed by atoms with Crippen molar-refractivity contribution in [3.63, 3.8) is 0 Å². The second kappa shape index (κ2) is 6.74. The molecule has 0 unspecified atom stereocenters. The SMILES string of the molecule is CCc1nc(CCOc2ccc(Cl)cc2C)sc1C#N. The van der Waals surface area contributed by atoms with Crippen molar-refractivity contribution in [1.29, 1.82) is 5.26 Å². The molecule has 20 heavy (non-hydrogen) atoms. The molecule has 0 bridgehead atoms. The third-order valence-corrected chi connectivity index (χ3v) is 4.19. The lowest BCUT2D eigenvalue weighted by Gasteiger charge is -2.08. The molecule has 0 aliphatic rings. The monoisotopic (exact) mass is 306 g/mol. The van der Waals surface area contributed by atoms with Crippen LogP contribution in [0.2, 0.25) is 5.02 Å². The molecule has 0 spiro atoms. The molecule has 0 saturated carbocycles. The maximum Gasteiger partial charge on any atom is 0.128 e. The normalized spacial score (nSPS) is 10.3. The summed E-state index contributed by atoms with van der Waals surface area (Å²) in [4.78, 5) is 5.18. The highest BCUT2D eigenvalue weighted by Gasteiger charge is 2.09. The smallest absolute Gasteiger partial charge is 0.128 e. The molecule has 104 valence electrons. The van der Waals surface area contributed by atoms with Gasteiger partial charge in [-0.25, -0.2) is 4.98 Å². The van der Waals surface area contributed by atoms with Crippen molar-refractivity contribution >= 4 is 22.9 Å². The first-order chi connectivity index (χ1) is 9.63. The molecule has 1 aromatic heterocycles. The summed E-state index contributed by atoms with van der Waals surface area (Å²) in [7, 11) is 0. The maximum atomic E-state index is 9.01. The minimum atomic E-state index is 0.546. The first-order valence-electron chi connectivity index (χ1n) is 6.41. The Kier molecular flexibility index (Phi) is 4.99. The predicted octanol–water partition coefficient (Wildman–Crippen LogP) is 4.16. The van der Waals surface area contributed by atoms with Gasteiger partial charge < -0.3 is 4.74 Å². The lowest BCUT2D eigenvalue weighted by molar-refractivity contribution is 0.319. The fraction of sp³-hybridized carbons (Fsp3) is 0.333. The van der Waals surface area contributed by atoms with Crippen LogP contribution in [0.5, 0.6) is 5.75 Å². The molecule has 2 rings (SSSR count). The summed E-state index contributed by atoms with van der Waals surface area (Å²) in [6.45, 7) is 4.52. The van der Waals surface area contributed by atoms with Crippen molar-refractivity contribution in [3.05, 3.63) is 44.4 Å². The highest BCUT2D eigenvalue weighted by atomic mass is 35.5. The molecule has 0 N–H and O–H groups in total. The van der Waals surface area contributed by atoms with E-state index in [1.807, 2.05) is 32.0 Å². The van der Waals surface area contributed by atoms with Gasteiger partial charge in [-0.05, 0) is 37.1 Å². The summed E-state index contributed by atoms with van der Waals surface area (Å²) in [6, 6.07) is 7.76. The van der Waals surface area contributed by atoms with Gasteiger partial charge >= 0.3 is 0 Å². The predicted molar refractivity (Wildman–Crippen MR) is 81.6 cm³/mol. The van der Waals surface area contributed by atoms with Crippen molar-refractivity contribution in [2.24, 2.45) is 0 Å². The largest absolute Gasteiger partial charge is 0.493 e. The molecule has 1 aromatic carbocycles. The van der Waals surface area contributed by atoms with Crippen molar-refractivity contribution < 1.29 is 4.74 Å². The molecule has 3 nitrogen and oxygen atoms in total. The zero-order chi connectivity index (χ0) is 14.5. The van der Waals surface area contributed by atoms with Gasteiger partial charge in [-0.3, -0.25) is 0 Å². The molecule has 2 aromatic rings. The number of hydrogen-bond donors (Lipinski definition) is 0. The number of nitrogens with zero attached hydrogens (tertiary/aromatic N) is 2. The molecule has 1 heterocycles. The molecule has 0 atom stereocenters. The molecule has 0 aliphatic heterocycles. The van der Waals surface area contributed by atoms with Crippen molar-refractivity contribution in [2.75, 3.05) is 6.61 Å². The van der Waals surface area contributed by atoms with Crippen molar-refractivity contribution in [2.45, 2.75) is 26.7 Å². The lowest BCUT2D eigenvalue weighted by Crippen LogP contribution is -2.02. The Morgan fingerprint density at radius 1 is 1.45 bits per heavy atom. The topological polar surface area (TPSA) is 45.9 Å². The number of aryl methyl sites for hydroxylation is 2. The zero-order valence-corrected chi connectivity index (χ0v) is 13.0. The van der Waals surface area contributed by atoms with Gasteiger partial charge in [-0.2, -0.15) is 5.26 Å².